The molecule has 7 heteroatoms. The van der Waals surface area contributed by atoms with Crippen molar-refractivity contribution >= 4 is 5.97 Å². The molecule has 23 heavy (non-hydrogen) atoms. The summed E-state index contributed by atoms with van der Waals surface area (Å²) in [5.74, 6) is 1.28. The number of fused-ring (bicyclic) bond motifs is 1. The zero-order valence-electron chi connectivity index (χ0n) is 12.8. The molecule has 0 spiro atoms. The zero-order valence-corrected chi connectivity index (χ0v) is 12.8. The first-order valence-electron chi connectivity index (χ1n) is 6.76. The van der Waals surface area contributed by atoms with Gasteiger partial charge in [0, 0.05) is 11.2 Å². The van der Waals surface area contributed by atoms with Gasteiger partial charge in [0.1, 0.15) is 5.75 Å². The lowest BCUT2D eigenvalue weighted by atomic mass is 9.97. The van der Waals surface area contributed by atoms with Crippen molar-refractivity contribution in [1.29, 1.82) is 0 Å². The lowest BCUT2D eigenvalue weighted by Gasteiger charge is -2.13. The van der Waals surface area contributed by atoms with Gasteiger partial charge in [-0.3, -0.25) is 0 Å². The van der Waals surface area contributed by atoms with Gasteiger partial charge in [0.25, 0.3) is 0 Å². The molecule has 0 radical (unpaired) electrons. The maximum absolute atomic E-state index is 12.2. The van der Waals surface area contributed by atoms with Crippen LogP contribution in [-0.2, 0) is 4.74 Å². The molecule has 3 rings (SSSR count). The molecule has 1 heterocycles. The first-order chi connectivity index (χ1) is 11.2. The average molecular weight is 317 g/mol. The van der Waals surface area contributed by atoms with Crippen LogP contribution in [0.1, 0.15) is 10.4 Å². The zero-order chi connectivity index (χ0) is 16.4. The lowest BCUT2D eigenvalue weighted by Crippen LogP contribution is -2.14. The molecule has 7 nitrogen and oxygen atoms in total. The van der Waals surface area contributed by atoms with Gasteiger partial charge >= 0.3 is 5.97 Å². The fourth-order valence-electron chi connectivity index (χ4n) is 2.38. The topological polar surface area (TPSA) is 75.3 Å². The Hall–Kier alpha value is -2.93. The number of benzene rings is 2. The molecule has 0 aliphatic carbocycles. The minimum atomic E-state index is -0.507. The summed E-state index contributed by atoms with van der Waals surface area (Å²) in [5.41, 5.74) is 3.92. The highest BCUT2D eigenvalue weighted by molar-refractivity contribution is 6.01. The Kier molecular flexibility index (Phi) is 3.94. The van der Waals surface area contributed by atoms with Crippen LogP contribution in [0.15, 0.2) is 30.3 Å². The van der Waals surface area contributed by atoms with E-state index in [9.17, 15) is 4.79 Å². The van der Waals surface area contributed by atoms with E-state index >= 15 is 0 Å². The first kappa shape index (κ1) is 15.0. The molecule has 0 amide bonds. The summed E-state index contributed by atoms with van der Waals surface area (Å²) in [6.45, 7) is 0. The highest BCUT2D eigenvalue weighted by Crippen LogP contribution is 2.48. The van der Waals surface area contributed by atoms with Crippen molar-refractivity contribution in [3.05, 3.63) is 35.9 Å². The summed E-state index contributed by atoms with van der Waals surface area (Å²) in [7, 11) is 4.38. The maximum atomic E-state index is 12.2. The minimum absolute atomic E-state index is 0.306. The van der Waals surface area contributed by atoms with E-state index < -0.39 is 5.97 Å². The Morgan fingerprint density at radius 2 is 1.70 bits per heavy atom. The highest BCUT2D eigenvalue weighted by atomic mass is 16.9. The number of nitrogens with one attached hydrogen (secondary N) is 1. The monoisotopic (exact) mass is 317 g/mol. The molecule has 120 valence electrons. The summed E-state index contributed by atoms with van der Waals surface area (Å²) >= 11 is 0. The molecule has 0 bridgehead atoms. The van der Waals surface area contributed by atoms with Crippen LogP contribution < -0.4 is 24.8 Å². The van der Waals surface area contributed by atoms with E-state index in [2.05, 4.69) is 5.64 Å². The van der Waals surface area contributed by atoms with Crippen LogP contribution in [0.4, 0.5) is 0 Å². The maximum Gasteiger partial charge on any atom is 0.338 e. The molecule has 2 aromatic carbocycles. The predicted octanol–water partition coefficient (Wildman–Crippen LogP) is 2.35. The lowest BCUT2D eigenvalue weighted by molar-refractivity contribution is 0.0250. The van der Waals surface area contributed by atoms with Gasteiger partial charge in [-0.1, -0.05) is 12.1 Å². The van der Waals surface area contributed by atoms with Gasteiger partial charge in [0.15, 0.2) is 5.75 Å². The number of methoxy groups -OCH3 is 3. The third-order valence-electron chi connectivity index (χ3n) is 3.49. The van der Waals surface area contributed by atoms with Gasteiger partial charge in [0.05, 0.1) is 26.9 Å². The molecular formula is C16H15NO6. The van der Waals surface area contributed by atoms with Crippen molar-refractivity contribution in [2.24, 2.45) is 0 Å². The van der Waals surface area contributed by atoms with Crippen molar-refractivity contribution in [2.45, 2.75) is 0 Å². The number of rotatable bonds is 4. The van der Waals surface area contributed by atoms with Crippen LogP contribution in [0.5, 0.6) is 23.0 Å². The van der Waals surface area contributed by atoms with E-state index in [0.29, 0.717) is 34.1 Å². The quantitative estimate of drug-likeness (QED) is 0.867. The van der Waals surface area contributed by atoms with Gasteiger partial charge in [-0.15, -0.1) is 0 Å². The van der Waals surface area contributed by atoms with Crippen LogP contribution in [0.2, 0.25) is 0 Å². The molecule has 2 aromatic rings. The van der Waals surface area contributed by atoms with Crippen molar-refractivity contribution in [2.75, 3.05) is 21.3 Å². The number of hydrogen-bond acceptors (Lipinski definition) is 7. The van der Waals surface area contributed by atoms with Gasteiger partial charge in [0.2, 0.25) is 11.5 Å². The number of esters is 1. The number of carbonyl (C=O) groups excluding carboxylic acids is 1. The summed E-state index contributed by atoms with van der Waals surface area (Å²) in [5, 5.41) is 0. The molecule has 1 N–H and O–H groups in total. The third kappa shape index (κ3) is 2.51. The minimum Gasteiger partial charge on any atom is -0.497 e. The Labute approximate surface area is 132 Å². The van der Waals surface area contributed by atoms with Gasteiger partial charge < -0.3 is 23.9 Å². The van der Waals surface area contributed by atoms with Crippen LogP contribution in [-0.4, -0.2) is 27.3 Å². The van der Waals surface area contributed by atoms with E-state index in [1.807, 2.05) is 12.1 Å². The standard InChI is InChI=1S/C16H15NO6/c1-19-10-6-4-9(5-7-10)13-11(16(18)21-3)8-12(20-2)14-15(13)23-17-22-14/h4-8,17H,1-3H3. The fraction of sp³-hybridized carbons (Fsp3) is 0.188. The Morgan fingerprint density at radius 1 is 1.00 bits per heavy atom. The summed E-state index contributed by atoms with van der Waals surface area (Å²) < 4.78 is 15.3. The van der Waals surface area contributed by atoms with E-state index in [4.69, 9.17) is 23.9 Å². The first-order valence-corrected chi connectivity index (χ1v) is 6.76. The molecule has 1 aliphatic heterocycles. The Morgan fingerprint density at radius 3 is 2.30 bits per heavy atom. The van der Waals surface area contributed by atoms with E-state index in [1.165, 1.54) is 14.2 Å². The van der Waals surface area contributed by atoms with Crippen molar-refractivity contribution in [1.82, 2.24) is 5.64 Å². The van der Waals surface area contributed by atoms with Crippen LogP contribution in [0, 0.1) is 0 Å². The smallest absolute Gasteiger partial charge is 0.338 e. The van der Waals surface area contributed by atoms with Crippen LogP contribution >= 0.6 is 0 Å². The third-order valence-corrected chi connectivity index (χ3v) is 3.49. The fourth-order valence-corrected chi connectivity index (χ4v) is 2.38. The largest absolute Gasteiger partial charge is 0.497 e. The van der Waals surface area contributed by atoms with Gasteiger partial charge in [-0.25, -0.2) is 4.79 Å². The second-order valence-corrected chi connectivity index (χ2v) is 4.67. The average Bonchev–Trinajstić information content (AvgIpc) is 3.09. The van der Waals surface area contributed by atoms with Crippen molar-refractivity contribution < 1.29 is 28.7 Å². The SMILES string of the molecule is COC(=O)c1cc(OC)c2c(c1-c1ccc(OC)cc1)ONO2. The molecule has 0 unspecified atom stereocenters. The Bertz CT molecular complexity index is 741. The Balaban J connectivity index is 2.24. The van der Waals surface area contributed by atoms with Crippen molar-refractivity contribution in [3.8, 4) is 34.1 Å². The molecule has 0 saturated carbocycles. The summed E-state index contributed by atoms with van der Waals surface area (Å²) in [6, 6.07) is 8.76. The van der Waals surface area contributed by atoms with Gasteiger partial charge in [-0.05, 0) is 23.8 Å². The van der Waals surface area contributed by atoms with Crippen LogP contribution in [0.25, 0.3) is 11.1 Å². The normalized spacial score (nSPS) is 12.0. The number of hydrogen-bond donors (Lipinski definition) is 1. The molecule has 0 saturated heterocycles. The molecule has 0 atom stereocenters. The molecule has 1 aliphatic rings. The summed E-state index contributed by atoms with van der Waals surface area (Å²) in [6.07, 6.45) is 0. The summed E-state index contributed by atoms with van der Waals surface area (Å²) in [4.78, 5) is 22.7. The van der Waals surface area contributed by atoms with E-state index in [-0.39, 0.29) is 0 Å². The van der Waals surface area contributed by atoms with Crippen LogP contribution in [0.3, 0.4) is 0 Å². The highest BCUT2D eigenvalue weighted by Gasteiger charge is 2.30. The van der Waals surface area contributed by atoms with Gasteiger partial charge in [-0.2, -0.15) is 0 Å². The molecular weight excluding hydrogens is 302 g/mol. The number of ether oxygens (including phenoxy) is 3. The van der Waals surface area contributed by atoms with Crippen molar-refractivity contribution in [3.63, 3.8) is 0 Å². The second-order valence-electron chi connectivity index (χ2n) is 4.67. The van der Waals surface area contributed by atoms with E-state index in [1.54, 1.807) is 25.3 Å². The number of carbonyl (C=O) groups is 1. The molecule has 0 aromatic heterocycles. The second kappa shape index (κ2) is 6.05. The predicted molar refractivity (Wildman–Crippen MR) is 80.7 cm³/mol. The van der Waals surface area contributed by atoms with E-state index in [0.717, 1.165) is 5.56 Å². The molecule has 0 fully saturated rings.